The maximum absolute atomic E-state index is 13.9. The minimum absolute atomic E-state index is 0.107. The van der Waals surface area contributed by atoms with Crippen molar-refractivity contribution in [2.45, 2.75) is 18.9 Å². The van der Waals surface area contributed by atoms with Gasteiger partial charge in [0.15, 0.2) is 29.1 Å². The number of ether oxygens (including phenoxy) is 3. The van der Waals surface area contributed by atoms with Crippen molar-refractivity contribution in [1.82, 2.24) is 10.2 Å². The summed E-state index contributed by atoms with van der Waals surface area (Å²) in [7, 11) is 1.65. The van der Waals surface area contributed by atoms with E-state index in [-0.39, 0.29) is 35.1 Å². The van der Waals surface area contributed by atoms with Crippen LogP contribution in [0.2, 0.25) is 0 Å². The fourth-order valence-corrected chi connectivity index (χ4v) is 5.58. The Bertz CT molecular complexity index is 1790. The van der Waals surface area contributed by atoms with Gasteiger partial charge in [0.05, 0.1) is 6.61 Å². The van der Waals surface area contributed by atoms with E-state index < -0.39 is 41.0 Å². The quantitative estimate of drug-likeness (QED) is 0.104. The van der Waals surface area contributed by atoms with E-state index in [1.54, 1.807) is 31.4 Å². The fraction of sp³-hybridized carbons (Fsp3) is 0.250. The summed E-state index contributed by atoms with van der Waals surface area (Å²) in [6.07, 6.45) is 3.08. The molecule has 0 aromatic heterocycles. The van der Waals surface area contributed by atoms with Crippen molar-refractivity contribution in [1.29, 1.82) is 0 Å². The summed E-state index contributed by atoms with van der Waals surface area (Å²) in [6.45, 7) is 3.50. The van der Waals surface area contributed by atoms with Crippen LogP contribution in [-0.4, -0.2) is 69.2 Å². The first-order chi connectivity index (χ1) is 24.7. The minimum Gasteiger partial charge on any atom is -0.492 e. The van der Waals surface area contributed by atoms with Gasteiger partial charge in [-0.05, 0) is 96.8 Å². The molecule has 0 saturated heterocycles. The number of ketones is 1. The lowest BCUT2D eigenvalue weighted by atomic mass is 9.83. The van der Waals surface area contributed by atoms with Crippen molar-refractivity contribution in [2.24, 2.45) is 0 Å². The monoisotopic (exact) mass is 702 g/mol. The van der Waals surface area contributed by atoms with Crippen LogP contribution in [-0.2, 0) is 9.53 Å². The molecule has 0 spiro atoms. The molecule has 7 nitrogen and oxygen atoms in total. The third kappa shape index (κ3) is 10.9. The molecule has 4 aromatic carbocycles. The minimum atomic E-state index is -1.07. The summed E-state index contributed by atoms with van der Waals surface area (Å²) in [5, 5.41) is 2.94. The molecule has 0 heterocycles. The van der Waals surface area contributed by atoms with Crippen LogP contribution in [0.25, 0.3) is 12.2 Å². The number of carbonyl (C=O) groups excluding carboxylic acids is 2. The van der Waals surface area contributed by atoms with Crippen molar-refractivity contribution in [3.8, 4) is 11.5 Å². The van der Waals surface area contributed by atoms with E-state index in [1.165, 1.54) is 24.3 Å². The number of para-hydroxylation sites is 1. The molecule has 1 aliphatic rings. The number of hydrogen-bond acceptors (Lipinski definition) is 6. The molecule has 266 valence electrons. The Morgan fingerprint density at radius 1 is 0.706 bits per heavy atom. The lowest BCUT2D eigenvalue weighted by molar-refractivity contribution is -0.113. The maximum atomic E-state index is 13.9. The third-order valence-corrected chi connectivity index (χ3v) is 8.24. The Morgan fingerprint density at radius 3 is 1.73 bits per heavy atom. The molecule has 1 fully saturated rings. The molecular formula is C40H38F4N2O5. The zero-order valence-corrected chi connectivity index (χ0v) is 28.0. The van der Waals surface area contributed by atoms with E-state index in [9.17, 15) is 27.2 Å². The third-order valence-electron chi connectivity index (χ3n) is 8.24. The number of hydrogen-bond donors (Lipinski definition) is 1. The second-order valence-corrected chi connectivity index (χ2v) is 12.0. The molecule has 1 aliphatic carbocycles. The van der Waals surface area contributed by atoms with Gasteiger partial charge in [-0.2, -0.15) is 0 Å². The van der Waals surface area contributed by atoms with Crippen LogP contribution in [0.3, 0.4) is 0 Å². The Balaban J connectivity index is 1.21. The molecule has 1 N–H and O–H groups in total. The van der Waals surface area contributed by atoms with Crippen molar-refractivity contribution in [3.05, 3.63) is 142 Å². The number of carbonyl (C=O) groups is 2. The van der Waals surface area contributed by atoms with E-state index in [2.05, 4.69) is 10.2 Å². The highest BCUT2D eigenvalue weighted by Crippen LogP contribution is 2.30. The zero-order valence-electron chi connectivity index (χ0n) is 28.0. The predicted octanol–water partition coefficient (Wildman–Crippen LogP) is 7.28. The van der Waals surface area contributed by atoms with E-state index in [4.69, 9.17) is 14.2 Å². The van der Waals surface area contributed by atoms with Crippen LogP contribution in [0.5, 0.6) is 11.5 Å². The lowest BCUT2D eigenvalue weighted by Gasteiger charge is -2.27. The molecule has 5 rings (SSSR count). The van der Waals surface area contributed by atoms with E-state index >= 15 is 0 Å². The van der Waals surface area contributed by atoms with Gasteiger partial charge < -0.3 is 19.5 Å². The van der Waals surface area contributed by atoms with Crippen molar-refractivity contribution in [2.75, 3.05) is 46.6 Å². The number of Topliss-reactive ketones (excluding diaryl/α,β-unsaturated/α-hetero) is 1. The molecule has 0 aliphatic heterocycles. The summed E-state index contributed by atoms with van der Waals surface area (Å²) in [4.78, 5) is 28.9. The predicted molar refractivity (Wildman–Crippen MR) is 186 cm³/mol. The highest BCUT2D eigenvalue weighted by molar-refractivity contribution is 6.14. The number of nitrogens with one attached hydrogen (secondary N) is 1. The number of amides is 1. The van der Waals surface area contributed by atoms with E-state index in [0.717, 1.165) is 30.0 Å². The molecule has 4 aromatic rings. The summed E-state index contributed by atoms with van der Waals surface area (Å²) < 4.78 is 72.0. The molecule has 0 radical (unpaired) electrons. The first kappa shape index (κ1) is 37.0. The number of rotatable bonds is 15. The van der Waals surface area contributed by atoms with Crippen molar-refractivity contribution < 1.29 is 41.4 Å². The van der Waals surface area contributed by atoms with E-state index in [1.807, 2.05) is 30.3 Å². The van der Waals surface area contributed by atoms with Gasteiger partial charge in [-0.25, -0.2) is 17.6 Å². The summed E-state index contributed by atoms with van der Waals surface area (Å²) in [5.74, 6) is -3.61. The summed E-state index contributed by atoms with van der Waals surface area (Å²) >= 11 is 0. The average Bonchev–Trinajstić information content (AvgIpc) is 3.12. The molecule has 0 unspecified atom stereocenters. The molecule has 0 bridgehead atoms. The Kier molecular flexibility index (Phi) is 13.1. The molecule has 0 atom stereocenters. The van der Waals surface area contributed by atoms with Crippen LogP contribution in [0, 0.1) is 23.3 Å². The van der Waals surface area contributed by atoms with Gasteiger partial charge in [0.1, 0.15) is 24.7 Å². The molecular weight excluding hydrogens is 664 g/mol. The SMILES string of the molecule is COCCN(CCOc1ccccc1)CCOc1ccc(C(=O)NC2C/C(=C\c3ccc(F)c(F)c3)C(=O)/C(=C/c3ccc(F)c(F)c3)C2)cc1. The van der Waals surface area contributed by atoms with Crippen LogP contribution in [0.15, 0.2) is 102 Å². The van der Waals surface area contributed by atoms with Crippen molar-refractivity contribution >= 4 is 23.8 Å². The first-order valence-electron chi connectivity index (χ1n) is 16.5. The van der Waals surface area contributed by atoms with Gasteiger partial charge >= 0.3 is 0 Å². The van der Waals surface area contributed by atoms with Gasteiger partial charge in [-0.3, -0.25) is 14.5 Å². The highest BCUT2D eigenvalue weighted by Gasteiger charge is 2.29. The van der Waals surface area contributed by atoms with Crippen LogP contribution < -0.4 is 14.8 Å². The van der Waals surface area contributed by atoms with Crippen LogP contribution in [0.4, 0.5) is 17.6 Å². The lowest BCUT2D eigenvalue weighted by Crippen LogP contribution is -2.39. The molecule has 11 heteroatoms. The Hall–Kier alpha value is -5.26. The van der Waals surface area contributed by atoms with Gasteiger partial charge in [-0.15, -0.1) is 0 Å². The zero-order chi connectivity index (χ0) is 36.2. The number of benzene rings is 4. The highest BCUT2D eigenvalue weighted by atomic mass is 19.2. The summed E-state index contributed by atoms with van der Waals surface area (Å²) in [6, 6.07) is 22.2. The number of nitrogens with zero attached hydrogens (tertiary/aromatic N) is 1. The average molecular weight is 703 g/mol. The van der Waals surface area contributed by atoms with Crippen LogP contribution in [0.1, 0.15) is 34.3 Å². The van der Waals surface area contributed by atoms with Gasteiger partial charge in [0.25, 0.3) is 5.91 Å². The largest absolute Gasteiger partial charge is 0.492 e. The number of methoxy groups -OCH3 is 1. The first-order valence-corrected chi connectivity index (χ1v) is 16.5. The van der Waals surface area contributed by atoms with Gasteiger partial charge in [0, 0.05) is 49.5 Å². The smallest absolute Gasteiger partial charge is 0.251 e. The van der Waals surface area contributed by atoms with Gasteiger partial charge in [0.2, 0.25) is 0 Å². The topological polar surface area (TPSA) is 77.1 Å². The van der Waals surface area contributed by atoms with Crippen LogP contribution >= 0.6 is 0 Å². The molecule has 1 amide bonds. The molecule has 1 saturated carbocycles. The Labute approximate surface area is 294 Å². The standard InChI is InChI=1S/C40H38F4N2O5/c1-49-18-15-46(16-19-50-33-5-3-2-4-6-33)17-20-51-34-11-9-29(10-12-34)40(48)45-32-25-30(21-27-7-13-35(41)37(43)23-27)39(47)31(26-32)22-28-8-14-36(42)38(44)24-28/h2-14,21-24,32H,15-20,25-26H2,1H3,(H,45,48)/b30-21+,31-22+. The molecule has 51 heavy (non-hydrogen) atoms. The Morgan fingerprint density at radius 2 is 1.22 bits per heavy atom. The van der Waals surface area contributed by atoms with Crippen molar-refractivity contribution in [3.63, 3.8) is 0 Å². The number of halogens is 4. The van der Waals surface area contributed by atoms with E-state index in [0.29, 0.717) is 50.8 Å². The summed E-state index contributed by atoms with van der Waals surface area (Å²) in [5.41, 5.74) is 1.35. The normalized spacial score (nSPS) is 16.1. The fourth-order valence-electron chi connectivity index (χ4n) is 5.58. The van der Waals surface area contributed by atoms with Gasteiger partial charge in [-0.1, -0.05) is 30.3 Å². The second kappa shape index (κ2) is 18.1. The second-order valence-electron chi connectivity index (χ2n) is 12.0. The maximum Gasteiger partial charge on any atom is 0.251 e.